The van der Waals surface area contributed by atoms with E-state index in [1.165, 1.54) is 0 Å². The van der Waals surface area contributed by atoms with Crippen LogP contribution in [0.5, 0.6) is 5.75 Å². The molecule has 0 aliphatic carbocycles. The summed E-state index contributed by atoms with van der Waals surface area (Å²) in [6, 6.07) is 10.7. The predicted octanol–water partition coefficient (Wildman–Crippen LogP) is 3.28. The first kappa shape index (κ1) is 19.7. The van der Waals surface area contributed by atoms with Crippen molar-refractivity contribution in [3.63, 3.8) is 0 Å². The lowest BCUT2D eigenvalue weighted by Crippen LogP contribution is -2.50. The van der Waals surface area contributed by atoms with Crippen LogP contribution in [0.4, 0.5) is 0 Å². The molecule has 1 aromatic heterocycles. The number of morpholine rings is 1. The molecule has 1 saturated heterocycles. The molecule has 1 atom stereocenters. The maximum atomic E-state index is 12.8. The molecule has 0 bridgehead atoms. The highest BCUT2D eigenvalue weighted by Crippen LogP contribution is 2.23. The second kappa shape index (κ2) is 8.78. The van der Waals surface area contributed by atoms with Gasteiger partial charge < -0.3 is 19.2 Å². The van der Waals surface area contributed by atoms with Crippen LogP contribution in [-0.4, -0.2) is 49.3 Å². The summed E-state index contributed by atoms with van der Waals surface area (Å²) in [5.74, 6) is 1.23. The Morgan fingerprint density at radius 2 is 1.96 bits per heavy atom. The number of amides is 1. The van der Waals surface area contributed by atoms with Crippen LogP contribution in [0.15, 0.2) is 47.1 Å². The lowest BCUT2D eigenvalue weighted by Gasteiger charge is -2.34. The minimum atomic E-state index is -1.02. The molecular weight excluding hydrogens is 368 g/mol. The molecular formula is C20H25ClN2O4. The van der Waals surface area contributed by atoms with Gasteiger partial charge in [0, 0.05) is 24.7 Å². The van der Waals surface area contributed by atoms with Gasteiger partial charge in [-0.25, -0.2) is 0 Å². The first-order valence-electron chi connectivity index (χ1n) is 9.04. The quantitative estimate of drug-likeness (QED) is 0.783. The maximum absolute atomic E-state index is 12.8. The summed E-state index contributed by atoms with van der Waals surface area (Å²) in [7, 11) is 0. The molecule has 27 heavy (non-hydrogen) atoms. The van der Waals surface area contributed by atoms with Gasteiger partial charge in [-0.05, 0) is 50.2 Å². The molecule has 6 nitrogen and oxygen atoms in total. The van der Waals surface area contributed by atoms with E-state index in [0.29, 0.717) is 30.5 Å². The number of rotatable bonds is 7. The minimum Gasteiger partial charge on any atom is -0.478 e. The Hall–Kier alpha value is -2.02. The first-order valence-corrected chi connectivity index (χ1v) is 9.41. The van der Waals surface area contributed by atoms with E-state index in [4.69, 9.17) is 25.5 Å². The molecule has 2 heterocycles. The van der Waals surface area contributed by atoms with Crippen molar-refractivity contribution in [2.75, 3.05) is 32.8 Å². The fraction of sp³-hybridized carbons (Fsp3) is 0.450. The molecule has 1 aliphatic rings. The van der Waals surface area contributed by atoms with Crippen LogP contribution < -0.4 is 10.1 Å². The summed E-state index contributed by atoms with van der Waals surface area (Å²) < 4.78 is 16.9. The monoisotopic (exact) mass is 392 g/mol. The van der Waals surface area contributed by atoms with Crippen LogP contribution in [0.3, 0.4) is 0 Å². The molecule has 0 saturated carbocycles. The van der Waals surface area contributed by atoms with Crippen molar-refractivity contribution < 1.29 is 18.7 Å². The number of hydrogen-bond donors (Lipinski definition) is 1. The Kier molecular flexibility index (Phi) is 6.42. The van der Waals surface area contributed by atoms with Gasteiger partial charge in [-0.1, -0.05) is 11.6 Å². The van der Waals surface area contributed by atoms with Crippen molar-refractivity contribution in [3.8, 4) is 5.75 Å². The SMILES string of the molecule is CC(C)(Oc1ccc(Cl)cc1)C(=O)NCC(c1ccco1)N1CCOCC1. The average Bonchev–Trinajstić information content (AvgIpc) is 3.19. The molecule has 1 amide bonds. The molecule has 1 N–H and O–H groups in total. The van der Waals surface area contributed by atoms with Gasteiger partial charge in [0.05, 0.1) is 25.5 Å². The van der Waals surface area contributed by atoms with Crippen molar-refractivity contribution in [3.05, 3.63) is 53.4 Å². The fourth-order valence-corrected chi connectivity index (χ4v) is 3.15. The lowest BCUT2D eigenvalue weighted by molar-refractivity contribution is -0.134. The number of halogens is 1. The molecule has 146 valence electrons. The molecule has 0 spiro atoms. The molecule has 0 radical (unpaired) electrons. The largest absolute Gasteiger partial charge is 0.478 e. The summed E-state index contributed by atoms with van der Waals surface area (Å²) in [4.78, 5) is 15.0. The highest BCUT2D eigenvalue weighted by atomic mass is 35.5. The van der Waals surface area contributed by atoms with Crippen molar-refractivity contribution in [1.29, 1.82) is 0 Å². The van der Waals surface area contributed by atoms with Gasteiger partial charge in [0.25, 0.3) is 5.91 Å². The van der Waals surface area contributed by atoms with Gasteiger partial charge in [0.1, 0.15) is 11.5 Å². The van der Waals surface area contributed by atoms with E-state index in [9.17, 15) is 4.79 Å². The molecule has 7 heteroatoms. The summed E-state index contributed by atoms with van der Waals surface area (Å²) in [6.07, 6.45) is 1.65. The van der Waals surface area contributed by atoms with E-state index in [2.05, 4.69) is 10.2 Å². The van der Waals surface area contributed by atoms with Crippen LogP contribution in [0, 0.1) is 0 Å². The van der Waals surface area contributed by atoms with Crippen LogP contribution in [0.25, 0.3) is 0 Å². The maximum Gasteiger partial charge on any atom is 0.263 e. The van der Waals surface area contributed by atoms with Gasteiger partial charge in [-0.3, -0.25) is 9.69 Å². The van der Waals surface area contributed by atoms with E-state index in [-0.39, 0.29) is 11.9 Å². The number of furan rings is 1. The van der Waals surface area contributed by atoms with E-state index in [1.807, 2.05) is 12.1 Å². The summed E-state index contributed by atoms with van der Waals surface area (Å²) >= 11 is 5.90. The van der Waals surface area contributed by atoms with Gasteiger partial charge in [-0.15, -0.1) is 0 Å². The zero-order valence-electron chi connectivity index (χ0n) is 15.6. The third-order valence-corrected chi connectivity index (χ3v) is 4.80. The number of carbonyl (C=O) groups excluding carboxylic acids is 1. The highest BCUT2D eigenvalue weighted by molar-refractivity contribution is 6.30. The van der Waals surface area contributed by atoms with Crippen molar-refractivity contribution >= 4 is 17.5 Å². The number of carbonyl (C=O) groups is 1. The third-order valence-electron chi connectivity index (χ3n) is 4.55. The smallest absolute Gasteiger partial charge is 0.263 e. The number of ether oxygens (including phenoxy) is 2. The van der Waals surface area contributed by atoms with Crippen LogP contribution >= 0.6 is 11.6 Å². The Balaban J connectivity index is 1.63. The van der Waals surface area contributed by atoms with Crippen LogP contribution in [-0.2, 0) is 9.53 Å². The Morgan fingerprint density at radius 3 is 2.59 bits per heavy atom. The summed E-state index contributed by atoms with van der Waals surface area (Å²) in [5.41, 5.74) is -1.02. The molecule has 1 unspecified atom stereocenters. The normalized spacial score (nSPS) is 16.7. The van der Waals surface area contributed by atoms with Crippen LogP contribution in [0.1, 0.15) is 25.6 Å². The Labute approximate surface area is 164 Å². The molecule has 1 aromatic carbocycles. The molecule has 3 rings (SSSR count). The zero-order valence-corrected chi connectivity index (χ0v) is 16.4. The van der Waals surface area contributed by atoms with Crippen molar-refractivity contribution in [2.24, 2.45) is 0 Å². The highest BCUT2D eigenvalue weighted by Gasteiger charge is 2.32. The van der Waals surface area contributed by atoms with Crippen LogP contribution in [0.2, 0.25) is 5.02 Å². The zero-order chi connectivity index (χ0) is 19.3. The van der Waals surface area contributed by atoms with Gasteiger partial charge in [0.2, 0.25) is 0 Å². The lowest BCUT2D eigenvalue weighted by atomic mass is 10.1. The molecule has 1 fully saturated rings. The number of nitrogens with one attached hydrogen (secondary N) is 1. The van der Waals surface area contributed by atoms with Gasteiger partial charge in [0.15, 0.2) is 5.60 Å². The average molecular weight is 393 g/mol. The molecule has 2 aromatic rings. The first-order chi connectivity index (χ1) is 13.0. The predicted molar refractivity (Wildman–Crippen MR) is 103 cm³/mol. The third kappa shape index (κ3) is 5.25. The van der Waals surface area contributed by atoms with Gasteiger partial charge in [-0.2, -0.15) is 0 Å². The number of nitrogens with zero attached hydrogens (tertiary/aromatic N) is 1. The molecule has 1 aliphatic heterocycles. The minimum absolute atomic E-state index is 0.0424. The van der Waals surface area contributed by atoms with E-state index in [0.717, 1.165) is 18.8 Å². The topological polar surface area (TPSA) is 63.9 Å². The second-order valence-electron chi connectivity index (χ2n) is 6.96. The number of hydrogen-bond acceptors (Lipinski definition) is 5. The van der Waals surface area contributed by atoms with Crippen molar-refractivity contribution in [2.45, 2.75) is 25.5 Å². The second-order valence-corrected chi connectivity index (χ2v) is 7.39. The van der Waals surface area contributed by atoms with Crippen molar-refractivity contribution in [1.82, 2.24) is 10.2 Å². The standard InChI is InChI=1S/C20H25ClN2O4/c1-20(2,27-16-7-5-15(21)6-8-16)19(24)22-14-17(18-4-3-11-26-18)23-9-12-25-13-10-23/h3-8,11,17H,9-10,12-14H2,1-2H3,(H,22,24). The Bertz CT molecular complexity index is 725. The van der Waals surface area contributed by atoms with E-state index in [1.54, 1.807) is 44.4 Å². The number of benzene rings is 1. The van der Waals surface area contributed by atoms with E-state index < -0.39 is 5.60 Å². The summed E-state index contributed by atoms with van der Waals surface area (Å²) in [6.45, 7) is 6.87. The fourth-order valence-electron chi connectivity index (χ4n) is 3.03. The Morgan fingerprint density at radius 1 is 1.26 bits per heavy atom. The van der Waals surface area contributed by atoms with E-state index >= 15 is 0 Å². The van der Waals surface area contributed by atoms with Gasteiger partial charge >= 0.3 is 0 Å². The summed E-state index contributed by atoms with van der Waals surface area (Å²) in [5, 5.41) is 3.63.